The summed E-state index contributed by atoms with van der Waals surface area (Å²) < 4.78 is 0. The average Bonchev–Trinajstić information content (AvgIpc) is 2.98. The summed E-state index contributed by atoms with van der Waals surface area (Å²) in [7, 11) is 1.71. The van der Waals surface area contributed by atoms with E-state index in [-0.39, 0.29) is 0 Å². The Morgan fingerprint density at radius 2 is 2.09 bits per heavy atom. The second kappa shape index (κ2) is 6.79. The predicted octanol–water partition coefficient (Wildman–Crippen LogP) is 3.65. The van der Waals surface area contributed by atoms with Gasteiger partial charge in [0.2, 0.25) is 0 Å². The molecule has 3 rings (SSSR count). The van der Waals surface area contributed by atoms with Crippen molar-refractivity contribution in [2.75, 3.05) is 20.3 Å². The number of unbranched alkanes of at least 4 members (excludes halogenated alkanes) is 3. The second-order valence-electron chi connectivity index (χ2n) is 6.54. The maximum atomic E-state index is 5.38. The molecule has 0 N–H and O–H groups in total. The van der Waals surface area contributed by atoms with E-state index in [4.69, 9.17) is 9.83 Å². The molecule has 0 fully saturated rings. The molecule has 0 spiro atoms. The van der Waals surface area contributed by atoms with Crippen LogP contribution in [0.25, 0.3) is 0 Å². The van der Waals surface area contributed by atoms with Crippen molar-refractivity contribution in [1.82, 2.24) is 14.9 Å². The van der Waals surface area contributed by atoms with Gasteiger partial charge >= 0.3 is 0 Å². The van der Waals surface area contributed by atoms with Crippen LogP contribution in [0.1, 0.15) is 46.5 Å². The highest BCUT2D eigenvalue weighted by Crippen LogP contribution is 2.38. The van der Waals surface area contributed by atoms with Crippen molar-refractivity contribution in [1.29, 1.82) is 0 Å². The van der Waals surface area contributed by atoms with Crippen LogP contribution in [0.2, 0.25) is 0 Å². The fourth-order valence-corrected chi connectivity index (χ4v) is 3.33. The van der Waals surface area contributed by atoms with Gasteiger partial charge in [0, 0.05) is 18.7 Å². The number of nitrogens with zero attached hydrogens (tertiary/aromatic N) is 4. The van der Waals surface area contributed by atoms with Crippen LogP contribution in [-0.4, -0.2) is 41.4 Å². The molecular formula is C18H28N4O. The Morgan fingerprint density at radius 3 is 2.83 bits per heavy atom. The Morgan fingerprint density at radius 1 is 1.26 bits per heavy atom. The molecule has 3 heterocycles. The van der Waals surface area contributed by atoms with Crippen LogP contribution < -0.4 is 0 Å². The molecule has 0 saturated carbocycles. The first-order valence-electron chi connectivity index (χ1n) is 8.69. The van der Waals surface area contributed by atoms with Crippen LogP contribution in [0.5, 0.6) is 0 Å². The molecule has 0 bridgehead atoms. The number of fused-ring (bicyclic) bond motifs is 2. The first kappa shape index (κ1) is 16.1. The molecular weight excluding hydrogens is 288 g/mol. The zero-order chi connectivity index (χ0) is 16.4. The Bertz CT molecular complexity index is 576. The lowest BCUT2D eigenvalue weighted by Gasteiger charge is -2.40. The molecule has 5 nitrogen and oxygen atoms in total. The summed E-state index contributed by atoms with van der Waals surface area (Å²) in [6.45, 7) is 8.48. The summed E-state index contributed by atoms with van der Waals surface area (Å²) in [5, 5.41) is 1.85. The summed E-state index contributed by atoms with van der Waals surface area (Å²) in [4.78, 5) is 14.8. The largest absolute Gasteiger partial charge is 0.333 e. The highest BCUT2D eigenvalue weighted by atomic mass is 16.7. The van der Waals surface area contributed by atoms with Crippen LogP contribution >= 0.6 is 0 Å². The fraction of sp³-hybridized carbons (Fsp3) is 0.611. The van der Waals surface area contributed by atoms with Gasteiger partial charge in [0.1, 0.15) is 12.5 Å². The van der Waals surface area contributed by atoms with Gasteiger partial charge < -0.3 is 9.80 Å². The normalized spacial score (nSPS) is 23.1. The minimum absolute atomic E-state index is 0.367. The summed E-state index contributed by atoms with van der Waals surface area (Å²) in [6, 6.07) is 0. The molecule has 1 atom stereocenters. The zero-order valence-corrected chi connectivity index (χ0v) is 14.7. The van der Waals surface area contributed by atoms with E-state index in [0.29, 0.717) is 5.92 Å². The van der Waals surface area contributed by atoms with Gasteiger partial charge in [0.25, 0.3) is 0 Å². The van der Waals surface area contributed by atoms with Crippen LogP contribution in [0.3, 0.4) is 0 Å². The molecule has 0 aromatic rings. The lowest BCUT2D eigenvalue weighted by molar-refractivity contribution is -0.0968. The SMILES string of the molecule is CCCCCCN1C=C(C)C(C)C2=C1N1CN(OC)C=C1C=N2. The molecule has 0 aromatic heterocycles. The van der Waals surface area contributed by atoms with Gasteiger partial charge in [-0.3, -0.25) is 9.83 Å². The minimum Gasteiger partial charge on any atom is -0.333 e. The smallest absolute Gasteiger partial charge is 0.137 e. The molecule has 0 aliphatic carbocycles. The Kier molecular flexibility index (Phi) is 4.76. The highest BCUT2D eigenvalue weighted by molar-refractivity contribution is 5.81. The topological polar surface area (TPSA) is 31.3 Å². The summed E-state index contributed by atoms with van der Waals surface area (Å²) >= 11 is 0. The highest BCUT2D eigenvalue weighted by Gasteiger charge is 2.35. The van der Waals surface area contributed by atoms with E-state index in [9.17, 15) is 0 Å². The molecule has 126 valence electrons. The number of hydrogen-bond acceptors (Lipinski definition) is 5. The van der Waals surface area contributed by atoms with Crippen molar-refractivity contribution >= 4 is 6.21 Å². The molecule has 23 heavy (non-hydrogen) atoms. The van der Waals surface area contributed by atoms with Gasteiger partial charge in [-0.1, -0.05) is 33.1 Å². The van der Waals surface area contributed by atoms with Crippen molar-refractivity contribution in [2.45, 2.75) is 46.5 Å². The van der Waals surface area contributed by atoms with Crippen molar-refractivity contribution < 1.29 is 4.84 Å². The van der Waals surface area contributed by atoms with E-state index in [1.54, 1.807) is 7.11 Å². The van der Waals surface area contributed by atoms with Crippen molar-refractivity contribution in [2.24, 2.45) is 10.9 Å². The van der Waals surface area contributed by atoms with Crippen LogP contribution in [-0.2, 0) is 4.84 Å². The maximum absolute atomic E-state index is 5.38. The summed E-state index contributed by atoms with van der Waals surface area (Å²) in [5.41, 5.74) is 3.66. The Balaban J connectivity index is 1.83. The fourth-order valence-electron chi connectivity index (χ4n) is 3.33. The van der Waals surface area contributed by atoms with Crippen molar-refractivity contribution in [3.8, 4) is 0 Å². The van der Waals surface area contributed by atoms with Gasteiger partial charge in [-0.25, -0.2) is 5.06 Å². The van der Waals surface area contributed by atoms with E-state index >= 15 is 0 Å². The third kappa shape index (κ3) is 3.02. The monoisotopic (exact) mass is 316 g/mol. The molecule has 0 radical (unpaired) electrons. The van der Waals surface area contributed by atoms with E-state index in [1.807, 2.05) is 17.5 Å². The second-order valence-corrected chi connectivity index (χ2v) is 6.54. The van der Waals surface area contributed by atoms with Crippen molar-refractivity contribution in [3.05, 3.63) is 35.2 Å². The molecule has 0 aromatic carbocycles. The maximum Gasteiger partial charge on any atom is 0.137 e. The predicted molar refractivity (Wildman–Crippen MR) is 92.9 cm³/mol. The quantitative estimate of drug-likeness (QED) is 0.700. The molecule has 1 unspecified atom stereocenters. The van der Waals surface area contributed by atoms with E-state index in [1.165, 1.54) is 42.8 Å². The number of hydroxylamine groups is 2. The molecule has 0 saturated heterocycles. The average molecular weight is 316 g/mol. The third-order valence-electron chi connectivity index (χ3n) is 4.90. The number of rotatable bonds is 6. The number of hydrogen-bond donors (Lipinski definition) is 0. The van der Waals surface area contributed by atoms with E-state index < -0.39 is 0 Å². The van der Waals surface area contributed by atoms with Gasteiger partial charge in [-0.15, -0.1) is 0 Å². The van der Waals surface area contributed by atoms with Crippen LogP contribution in [0.4, 0.5) is 0 Å². The Hall–Kier alpha value is -1.75. The third-order valence-corrected chi connectivity index (χ3v) is 4.90. The summed E-state index contributed by atoms with van der Waals surface area (Å²) in [6.07, 6.45) is 11.4. The standard InChI is InChI=1S/C18H28N4O/c1-5-6-7-8-9-20-11-14(2)15(3)17-18(20)22-13-21(23-4)12-16(22)10-19-17/h10-12,15H,5-9,13H2,1-4H3. The van der Waals surface area contributed by atoms with Crippen molar-refractivity contribution in [3.63, 3.8) is 0 Å². The van der Waals surface area contributed by atoms with Gasteiger partial charge in [-0.05, 0) is 18.9 Å². The van der Waals surface area contributed by atoms with Crippen LogP contribution in [0, 0.1) is 5.92 Å². The molecule has 0 amide bonds. The number of aliphatic imine (C=N–C) groups is 1. The van der Waals surface area contributed by atoms with Gasteiger partial charge in [0.15, 0.2) is 0 Å². The van der Waals surface area contributed by atoms with Gasteiger partial charge in [0.05, 0.1) is 30.9 Å². The molecule has 3 aliphatic heterocycles. The molecule has 5 heteroatoms. The zero-order valence-electron chi connectivity index (χ0n) is 14.7. The lowest BCUT2D eigenvalue weighted by atomic mass is 9.95. The van der Waals surface area contributed by atoms with E-state index in [2.05, 4.69) is 36.8 Å². The van der Waals surface area contributed by atoms with Crippen LogP contribution in [0.15, 0.2) is 40.2 Å². The minimum atomic E-state index is 0.367. The van der Waals surface area contributed by atoms with E-state index in [0.717, 1.165) is 18.9 Å². The number of allylic oxidation sites excluding steroid dienone is 2. The molecule has 3 aliphatic rings. The van der Waals surface area contributed by atoms with Gasteiger partial charge in [-0.2, -0.15) is 0 Å². The Labute approximate surface area is 139 Å². The summed E-state index contributed by atoms with van der Waals surface area (Å²) in [5.74, 6) is 1.60. The first-order valence-corrected chi connectivity index (χ1v) is 8.69. The first-order chi connectivity index (χ1) is 11.2. The lowest BCUT2D eigenvalue weighted by Crippen LogP contribution is -2.40.